The summed E-state index contributed by atoms with van der Waals surface area (Å²) in [6.45, 7) is 0.746. The molecule has 94 valence electrons. The highest BCUT2D eigenvalue weighted by Gasteiger charge is 2.33. The molecule has 0 spiro atoms. The molecule has 2 rings (SSSR count). The molecule has 0 saturated heterocycles. The normalized spacial score (nSPS) is 18.2. The highest BCUT2D eigenvalue weighted by molar-refractivity contribution is 9.11. The second kappa shape index (κ2) is 5.50. The average Bonchev–Trinajstić information content (AvgIpc) is 2.95. The van der Waals surface area contributed by atoms with E-state index < -0.39 is 0 Å². The summed E-state index contributed by atoms with van der Waals surface area (Å²) in [6.07, 6.45) is 4.33. The summed E-state index contributed by atoms with van der Waals surface area (Å²) in [4.78, 5) is 11.9. The van der Waals surface area contributed by atoms with Gasteiger partial charge in [0.1, 0.15) is 0 Å². The molecule has 17 heavy (non-hydrogen) atoms. The van der Waals surface area contributed by atoms with Gasteiger partial charge >= 0.3 is 0 Å². The van der Waals surface area contributed by atoms with Crippen LogP contribution in [0, 0.1) is 5.41 Å². The molecule has 1 aromatic heterocycles. The molecule has 0 bridgehead atoms. The number of hydrogen-bond donors (Lipinski definition) is 2. The Morgan fingerprint density at radius 1 is 1.53 bits per heavy atom. The van der Waals surface area contributed by atoms with Gasteiger partial charge in [0.05, 0.1) is 16.0 Å². The summed E-state index contributed by atoms with van der Waals surface area (Å²) in [5.74, 6) is -0.0494. The van der Waals surface area contributed by atoms with E-state index in [1.165, 1.54) is 11.3 Å². The Balaban J connectivity index is 1.91. The van der Waals surface area contributed by atoms with Crippen molar-refractivity contribution in [3.05, 3.63) is 20.8 Å². The van der Waals surface area contributed by atoms with Gasteiger partial charge < -0.3 is 10.4 Å². The Kier molecular flexibility index (Phi) is 4.22. The number of amides is 1. The van der Waals surface area contributed by atoms with Gasteiger partial charge in [-0.15, -0.1) is 11.3 Å². The molecule has 1 heterocycles. The van der Waals surface area contributed by atoms with Gasteiger partial charge in [0.15, 0.2) is 0 Å². The van der Waals surface area contributed by atoms with Crippen molar-refractivity contribution >= 4 is 33.2 Å². The van der Waals surface area contributed by atoms with Gasteiger partial charge in [0.25, 0.3) is 5.91 Å². The lowest BCUT2D eigenvalue weighted by Crippen LogP contribution is -2.38. The fourth-order valence-corrected chi connectivity index (χ4v) is 3.45. The fourth-order valence-electron chi connectivity index (χ4n) is 2.31. The molecule has 5 heteroatoms. The summed E-state index contributed by atoms with van der Waals surface area (Å²) in [5, 5.41) is 14.2. The van der Waals surface area contributed by atoms with Crippen LogP contribution in [0.3, 0.4) is 0 Å². The first-order valence-corrected chi connectivity index (χ1v) is 7.46. The van der Waals surface area contributed by atoms with E-state index in [1.54, 1.807) is 0 Å². The molecule has 0 radical (unpaired) electrons. The van der Waals surface area contributed by atoms with E-state index in [-0.39, 0.29) is 17.9 Å². The zero-order valence-corrected chi connectivity index (χ0v) is 11.9. The molecule has 2 N–H and O–H groups in total. The predicted octanol–water partition coefficient (Wildman–Crippen LogP) is 2.79. The number of carbonyl (C=O) groups excluding carboxylic acids is 1. The molecular weight excluding hydrogens is 302 g/mol. The quantitative estimate of drug-likeness (QED) is 0.897. The van der Waals surface area contributed by atoms with Crippen LogP contribution in [-0.2, 0) is 0 Å². The lowest BCUT2D eigenvalue weighted by atomic mass is 9.87. The standard InChI is InChI=1S/C12H16BrNO2S/c13-10-5-9(6-17-10)11(16)14-7-12(8-15)3-1-2-4-12/h5-6,15H,1-4,7-8H2,(H,14,16). The van der Waals surface area contributed by atoms with Crippen molar-refractivity contribution in [2.45, 2.75) is 25.7 Å². The van der Waals surface area contributed by atoms with Gasteiger partial charge in [-0.3, -0.25) is 4.79 Å². The molecule has 0 unspecified atom stereocenters. The van der Waals surface area contributed by atoms with Crippen LogP contribution >= 0.6 is 27.3 Å². The molecule has 3 nitrogen and oxygen atoms in total. The molecule has 1 aliphatic carbocycles. The second-order valence-corrected chi connectivity index (χ2v) is 6.98. The van der Waals surface area contributed by atoms with E-state index in [9.17, 15) is 9.90 Å². The van der Waals surface area contributed by atoms with E-state index in [4.69, 9.17) is 0 Å². The Morgan fingerprint density at radius 3 is 2.76 bits per heavy atom. The van der Waals surface area contributed by atoms with Crippen LogP contribution in [0.1, 0.15) is 36.0 Å². The Morgan fingerprint density at radius 2 is 2.24 bits per heavy atom. The van der Waals surface area contributed by atoms with Crippen molar-refractivity contribution in [1.29, 1.82) is 0 Å². The lowest BCUT2D eigenvalue weighted by Gasteiger charge is -2.26. The monoisotopic (exact) mass is 317 g/mol. The van der Waals surface area contributed by atoms with Crippen molar-refractivity contribution in [1.82, 2.24) is 5.32 Å². The van der Waals surface area contributed by atoms with E-state index >= 15 is 0 Å². The minimum absolute atomic E-state index is 0.0494. The number of nitrogens with one attached hydrogen (secondary N) is 1. The molecule has 1 aliphatic rings. The van der Waals surface area contributed by atoms with Crippen LogP contribution in [0.5, 0.6) is 0 Å². The molecule has 1 saturated carbocycles. The largest absolute Gasteiger partial charge is 0.396 e. The molecule has 0 atom stereocenters. The molecule has 1 amide bonds. The maximum absolute atomic E-state index is 11.9. The van der Waals surface area contributed by atoms with E-state index in [2.05, 4.69) is 21.2 Å². The van der Waals surface area contributed by atoms with Gasteiger partial charge in [-0.2, -0.15) is 0 Å². The molecular formula is C12H16BrNO2S. The smallest absolute Gasteiger partial charge is 0.252 e. The summed E-state index contributed by atoms with van der Waals surface area (Å²) >= 11 is 4.84. The van der Waals surface area contributed by atoms with Gasteiger partial charge in [-0.1, -0.05) is 12.8 Å². The minimum Gasteiger partial charge on any atom is -0.396 e. The van der Waals surface area contributed by atoms with E-state index in [1.807, 2.05) is 11.4 Å². The summed E-state index contributed by atoms with van der Waals surface area (Å²) in [7, 11) is 0. The zero-order chi connectivity index (χ0) is 12.3. The maximum atomic E-state index is 11.9. The van der Waals surface area contributed by atoms with Gasteiger partial charge in [-0.05, 0) is 34.8 Å². The van der Waals surface area contributed by atoms with Crippen molar-refractivity contribution in [2.75, 3.05) is 13.2 Å². The van der Waals surface area contributed by atoms with Crippen LogP contribution in [0.15, 0.2) is 15.2 Å². The summed E-state index contributed by atoms with van der Waals surface area (Å²) in [6, 6.07) is 1.82. The van der Waals surface area contributed by atoms with Crippen LogP contribution in [0.2, 0.25) is 0 Å². The molecule has 0 aromatic carbocycles. The number of halogens is 1. The van der Waals surface area contributed by atoms with Crippen LogP contribution in [0.25, 0.3) is 0 Å². The van der Waals surface area contributed by atoms with Gasteiger partial charge in [0.2, 0.25) is 0 Å². The number of carbonyl (C=O) groups is 1. The Bertz CT molecular complexity index is 399. The predicted molar refractivity (Wildman–Crippen MR) is 72.3 cm³/mol. The SMILES string of the molecule is O=C(NCC1(CO)CCCC1)c1csc(Br)c1. The number of rotatable bonds is 4. The summed E-state index contributed by atoms with van der Waals surface area (Å²) in [5.41, 5.74) is 0.607. The van der Waals surface area contributed by atoms with Gasteiger partial charge in [0, 0.05) is 17.3 Å². The first-order chi connectivity index (χ1) is 8.15. The maximum Gasteiger partial charge on any atom is 0.252 e. The van der Waals surface area contributed by atoms with Crippen LogP contribution < -0.4 is 5.32 Å². The summed E-state index contributed by atoms with van der Waals surface area (Å²) < 4.78 is 0.959. The number of thiophene rings is 1. The lowest BCUT2D eigenvalue weighted by molar-refractivity contribution is 0.0881. The number of aliphatic hydroxyl groups excluding tert-OH is 1. The average molecular weight is 318 g/mol. The zero-order valence-electron chi connectivity index (χ0n) is 9.54. The van der Waals surface area contributed by atoms with Crippen molar-refractivity contribution in [3.63, 3.8) is 0 Å². The Hall–Kier alpha value is -0.390. The number of hydrogen-bond acceptors (Lipinski definition) is 3. The van der Waals surface area contributed by atoms with Crippen LogP contribution in [-0.4, -0.2) is 24.2 Å². The van der Waals surface area contributed by atoms with Crippen molar-refractivity contribution in [2.24, 2.45) is 5.41 Å². The minimum atomic E-state index is -0.0804. The fraction of sp³-hybridized carbons (Fsp3) is 0.583. The second-order valence-electron chi connectivity index (χ2n) is 4.69. The third-order valence-corrected chi connectivity index (χ3v) is 4.96. The number of aliphatic hydroxyl groups is 1. The topological polar surface area (TPSA) is 49.3 Å². The first kappa shape index (κ1) is 13.1. The Labute approximate surface area is 113 Å². The molecule has 0 aliphatic heterocycles. The van der Waals surface area contributed by atoms with E-state index in [0.29, 0.717) is 12.1 Å². The van der Waals surface area contributed by atoms with Crippen molar-refractivity contribution < 1.29 is 9.90 Å². The van der Waals surface area contributed by atoms with Gasteiger partial charge in [-0.25, -0.2) is 0 Å². The third kappa shape index (κ3) is 3.09. The van der Waals surface area contributed by atoms with Crippen molar-refractivity contribution in [3.8, 4) is 0 Å². The third-order valence-electron chi connectivity index (χ3n) is 3.45. The first-order valence-electron chi connectivity index (χ1n) is 5.78. The highest BCUT2D eigenvalue weighted by Crippen LogP contribution is 2.36. The molecule has 1 fully saturated rings. The molecule has 1 aromatic rings. The van der Waals surface area contributed by atoms with E-state index in [0.717, 1.165) is 29.5 Å². The highest BCUT2D eigenvalue weighted by atomic mass is 79.9. The van der Waals surface area contributed by atoms with Crippen LogP contribution in [0.4, 0.5) is 0 Å².